The van der Waals surface area contributed by atoms with Crippen molar-refractivity contribution in [1.82, 2.24) is 0 Å². The summed E-state index contributed by atoms with van der Waals surface area (Å²) in [7, 11) is 0. The predicted octanol–water partition coefficient (Wildman–Crippen LogP) is 18.8. The molecule has 0 heterocycles. The molecule has 0 radical (unpaired) electrons. The smallest absolute Gasteiger partial charge is 0.306 e. The average molecular weight is 933 g/mol. The number of allylic oxidation sites excluding steroid dienone is 14. The Balaban J connectivity index is 4.20. The Hall–Kier alpha value is -3.41. The van der Waals surface area contributed by atoms with Crippen LogP contribution in [0, 0.1) is 0 Å². The van der Waals surface area contributed by atoms with Gasteiger partial charge in [0.05, 0.1) is 0 Å². The van der Waals surface area contributed by atoms with Crippen molar-refractivity contribution in [2.75, 3.05) is 13.2 Å². The van der Waals surface area contributed by atoms with Gasteiger partial charge in [0.25, 0.3) is 0 Å². The highest BCUT2D eigenvalue weighted by molar-refractivity contribution is 5.71. The van der Waals surface area contributed by atoms with Gasteiger partial charge in [0.15, 0.2) is 6.10 Å². The van der Waals surface area contributed by atoms with E-state index in [1.54, 1.807) is 0 Å². The molecule has 1 atom stereocenters. The van der Waals surface area contributed by atoms with E-state index >= 15 is 0 Å². The summed E-state index contributed by atoms with van der Waals surface area (Å²) in [6, 6.07) is 0. The summed E-state index contributed by atoms with van der Waals surface area (Å²) in [5.41, 5.74) is 0. The van der Waals surface area contributed by atoms with Crippen molar-refractivity contribution in [3.63, 3.8) is 0 Å². The molecule has 0 aromatic carbocycles. The number of rotatable bonds is 50. The Bertz CT molecular complexity index is 1300. The topological polar surface area (TPSA) is 78.9 Å². The number of hydrogen-bond acceptors (Lipinski definition) is 6. The molecule has 0 aliphatic carbocycles. The monoisotopic (exact) mass is 933 g/mol. The Morgan fingerprint density at radius 2 is 0.612 bits per heavy atom. The zero-order valence-electron chi connectivity index (χ0n) is 43.9. The minimum atomic E-state index is -0.783. The number of carbonyl (C=O) groups is 3. The van der Waals surface area contributed by atoms with Crippen molar-refractivity contribution in [1.29, 1.82) is 0 Å². The lowest BCUT2D eigenvalue weighted by Gasteiger charge is -2.18. The van der Waals surface area contributed by atoms with Gasteiger partial charge in [-0.2, -0.15) is 0 Å². The molecule has 0 aliphatic heterocycles. The quantitative estimate of drug-likeness (QED) is 0.0262. The largest absolute Gasteiger partial charge is 0.462 e. The van der Waals surface area contributed by atoms with Gasteiger partial charge in [0.2, 0.25) is 0 Å². The third kappa shape index (κ3) is 53.4. The Morgan fingerprint density at radius 1 is 0.313 bits per heavy atom. The van der Waals surface area contributed by atoms with Gasteiger partial charge in [-0.05, 0) is 109 Å². The fourth-order valence-electron chi connectivity index (χ4n) is 7.64. The summed E-state index contributed by atoms with van der Waals surface area (Å²) in [6.07, 6.45) is 71.6. The van der Waals surface area contributed by atoms with E-state index in [0.29, 0.717) is 19.3 Å². The molecular weight excluding hydrogens is 829 g/mol. The molecule has 0 rings (SSSR count). The predicted molar refractivity (Wildman–Crippen MR) is 288 cm³/mol. The van der Waals surface area contributed by atoms with E-state index in [9.17, 15) is 14.4 Å². The fourth-order valence-corrected chi connectivity index (χ4v) is 7.64. The standard InChI is InChI=1S/C61H104O6/c1-4-7-10-13-16-19-22-24-25-26-27-28-29-30-31-32-33-34-35-36-37-38-40-42-45-48-51-54-60(63)66-57-58(56-65-59(62)53-50-47-44-41-21-18-15-12-9-6-3)67-61(64)55-52-49-46-43-39-23-20-17-14-11-8-5-2/h7,10,12,15-17,19-20,24-25,27-28,30-31,58H,4-6,8-9,11,13-14,18,21-23,26,29,32-57H2,1-3H3/b10-7-,15-12-,19-16-,20-17-,25-24-,28-27-,31-30-. The summed E-state index contributed by atoms with van der Waals surface area (Å²) < 4.78 is 16.8. The van der Waals surface area contributed by atoms with E-state index in [0.717, 1.165) is 116 Å². The molecule has 0 saturated heterocycles. The van der Waals surface area contributed by atoms with Crippen molar-refractivity contribution >= 4 is 17.9 Å². The van der Waals surface area contributed by atoms with E-state index in [4.69, 9.17) is 14.2 Å². The van der Waals surface area contributed by atoms with Gasteiger partial charge in [-0.3, -0.25) is 14.4 Å². The van der Waals surface area contributed by atoms with Crippen LogP contribution in [0.5, 0.6) is 0 Å². The third-order valence-corrected chi connectivity index (χ3v) is 11.8. The zero-order valence-corrected chi connectivity index (χ0v) is 43.9. The van der Waals surface area contributed by atoms with Crippen LogP contribution in [0.25, 0.3) is 0 Å². The first-order chi connectivity index (χ1) is 33.0. The Kier molecular flexibility index (Phi) is 52.4. The van der Waals surface area contributed by atoms with Crippen molar-refractivity contribution in [3.8, 4) is 0 Å². The molecule has 1 unspecified atom stereocenters. The zero-order chi connectivity index (χ0) is 48.6. The Morgan fingerprint density at radius 3 is 0.985 bits per heavy atom. The molecule has 0 aromatic rings. The molecular formula is C61H104O6. The molecule has 0 aliphatic rings. The number of carbonyl (C=O) groups excluding carboxylic acids is 3. The molecule has 67 heavy (non-hydrogen) atoms. The number of esters is 3. The first kappa shape index (κ1) is 63.6. The van der Waals surface area contributed by atoms with Crippen LogP contribution in [0.1, 0.15) is 265 Å². The number of ether oxygens (including phenoxy) is 3. The molecule has 0 amide bonds. The molecule has 6 nitrogen and oxygen atoms in total. The minimum Gasteiger partial charge on any atom is -0.462 e. The summed E-state index contributed by atoms with van der Waals surface area (Å²) >= 11 is 0. The van der Waals surface area contributed by atoms with Gasteiger partial charge in [-0.15, -0.1) is 0 Å². The second-order valence-electron chi connectivity index (χ2n) is 18.5. The van der Waals surface area contributed by atoms with Crippen LogP contribution < -0.4 is 0 Å². The third-order valence-electron chi connectivity index (χ3n) is 11.8. The minimum absolute atomic E-state index is 0.0834. The maximum Gasteiger partial charge on any atom is 0.306 e. The normalized spacial score (nSPS) is 12.7. The van der Waals surface area contributed by atoms with E-state index < -0.39 is 6.10 Å². The lowest BCUT2D eigenvalue weighted by Crippen LogP contribution is -2.30. The van der Waals surface area contributed by atoms with Gasteiger partial charge < -0.3 is 14.2 Å². The van der Waals surface area contributed by atoms with Crippen molar-refractivity contribution in [2.24, 2.45) is 0 Å². The molecule has 0 fully saturated rings. The summed E-state index contributed by atoms with van der Waals surface area (Å²) in [5.74, 6) is -0.905. The van der Waals surface area contributed by atoms with E-state index in [1.165, 1.54) is 109 Å². The second kappa shape index (κ2) is 55.2. The van der Waals surface area contributed by atoms with E-state index in [1.807, 2.05) is 0 Å². The number of hydrogen-bond donors (Lipinski definition) is 0. The molecule has 0 spiro atoms. The molecule has 0 bridgehead atoms. The average Bonchev–Trinajstić information content (AvgIpc) is 3.33. The van der Waals surface area contributed by atoms with Gasteiger partial charge in [0.1, 0.15) is 13.2 Å². The van der Waals surface area contributed by atoms with Crippen LogP contribution in [0.2, 0.25) is 0 Å². The maximum atomic E-state index is 12.8. The molecule has 384 valence electrons. The molecule has 0 saturated carbocycles. The second-order valence-corrected chi connectivity index (χ2v) is 18.5. The first-order valence-electron chi connectivity index (χ1n) is 28.1. The van der Waals surface area contributed by atoms with Crippen LogP contribution >= 0.6 is 0 Å². The molecule has 0 N–H and O–H groups in total. The first-order valence-corrected chi connectivity index (χ1v) is 28.1. The van der Waals surface area contributed by atoms with Gasteiger partial charge in [0, 0.05) is 19.3 Å². The highest BCUT2D eigenvalue weighted by Gasteiger charge is 2.19. The van der Waals surface area contributed by atoms with Crippen LogP contribution in [0.3, 0.4) is 0 Å². The van der Waals surface area contributed by atoms with E-state index in [2.05, 4.69) is 106 Å². The van der Waals surface area contributed by atoms with Crippen LogP contribution in [-0.4, -0.2) is 37.2 Å². The van der Waals surface area contributed by atoms with Gasteiger partial charge >= 0.3 is 17.9 Å². The van der Waals surface area contributed by atoms with E-state index in [-0.39, 0.29) is 31.1 Å². The summed E-state index contributed by atoms with van der Waals surface area (Å²) in [4.78, 5) is 38.0. The van der Waals surface area contributed by atoms with Gasteiger partial charge in [-0.1, -0.05) is 221 Å². The van der Waals surface area contributed by atoms with Crippen molar-refractivity contribution < 1.29 is 28.6 Å². The summed E-state index contributed by atoms with van der Waals surface area (Å²) in [6.45, 7) is 6.42. The SMILES string of the molecule is CC/C=C\C/C=C\C/C=C\C/C=C\C/C=C\CCCCCCCCCCCCCC(=O)OCC(COC(=O)CCCCCCC/C=C\CCC)OC(=O)CCCCCCC/C=C\CCCCC. The lowest BCUT2D eigenvalue weighted by atomic mass is 10.0. The maximum absolute atomic E-state index is 12.8. The van der Waals surface area contributed by atoms with Crippen LogP contribution in [0.4, 0.5) is 0 Å². The van der Waals surface area contributed by atoms with Crippen LogP contribution in [-0.2, 0) is 28.6 Å². The van der Waals surface area contributed by atoms with Crippen molar-refractivity contribution in [3.05, 3.63) is 85.1 Å². The van der Waals surface area contributed by atoms with Crippen LogP contribution in [0.15, 0.2) is 85.1 Å². The lowest BCUT2D eigenvalue weighted by molar-refractivity contribution is -0.167. The molecule has 0 aromatic heterocycles. The number of unbranched alkanes of at least 4 members (excludes halogenated alkanes) is 25. The highest BCUT2D eigenvalue weighted by Crippen LogP contribution is 2.15. The summed E-state index contributed by atoms with van der Waals surface area (Å²) in [5, 5.41) is 0. The highest BCUT2D eigenvalue weighted by atomic mass is 16.6. The van der Waals surface area contributed by atoms with Crippen molar-refractivity contribution in [2.45, 2.75) is 271 Å². The fraction of sp³-hybridized carbons (Fsp3) is 0.721. The Labute approximate surface area is 414 Å². The van der Waals surface area contributed by atoms with Gasteiger partial charge in [-0.25, -0.2) is 0 Å². The molecule has 6 heteroatoms.